The summed E-state index contributed by atoms with van der Waals surface area (Å²) in [6.07, 6.45) is 0. The average Bonchev–Trinajstić information content (AvgIpc) is 3.78. The summed E-state index contributed by atoms with van der Waals surface area (Å²) in [5, 5.41) is 11.5. The SMILES string of the molecule is c1ccc([Si](c2ccccc2)(c2ccccc2)c2cccc(-n3c4ccccc4c4cc5c(cc43)c3ccccc3c3nc4ccccc4n53)c2)cc1. The minimum atomic E-state index is -2.73. The van der Waals surface area contributed by atoms with Crippen LogP contribution in [0.1, 0.15) is 0 Å². The van der Waals surface area contributed by atoms with E-state index in [1.54, 1.807) is 0 Å². The smallest absolute Gasteiger partial charge is 0.179 e. The van der Waals surface area contributed by atoms with Crippen LogP contribution in [0.5, 0.6) is 0 Å². The van der Waals surface area contributed by atoms with Crippen molar-refractivity contribution >= 4 is 89.0 Å². The molecule has 0 spiro atoms. The molecule has 11 rings (SSSR count). The van der Waals surface area contributed by atoms with Gasteiger partial charge in [-0.2, -0.15) is 0 Å². The summed E-state index contributed by atoms with van der Waals surface area (Å²) in [7, 11) is -2.73. The van der Waals surface area contributed by atoms with E-state index >= 15 is 0 Å². The zero-order valence-corrected chi connectivity index (χ0v) is 29.9. The van der Waals surface area contributed by atoms with Gasteiger partial charge in [-0.3, -0.25) is 4.40 Å². The Labute approximate surface area is 307 Å². The normalized spacial score (nSPS) is 12.2. The van der Waals surface area contributed by atoms with Crippen LogP contribution in [-0.4, -0.2) is 22.0 Å². The topological polar surface area (TPSA) is 22.2 Å². The van der Waals surface area contributed by atoms with E-state index in [2.05, 4.69) is 209 Å². The first kappa shape index (κ1) is 29.9. The molecule has 0 aliphatic heterocycles. The molecule has 0 unspecified atom stereocenters. The highest BCUT2D eigenvalue weighted by atomic mass is 28.3. The number of hydrogen-bond donors (Lipinski definition) is 0. The molecule has 4 heteroatoms. The van der Waals surface area contributed by atoms with E-state index in [1.807, 2.05) is 0 Å². The number of benzene rings is 8. The van der Waals surface area contributed by atoms with Crippen molar-refractivity contribution in [3.8, 4) is 5.69 Å². The number of fused-ring (bicyclic) bond motifs is 11. The summed E-state index contributed by atoms with van der Waals surface area (Å²) in [6.45, 7) is 0. The van der Waals surface area contributed by atoms with Crippen LogP contribution in [0, 0.1) is 0 Å². The van der Waals surface area contributed by atoms with E-state index in [1.165, 1.54) is 58.8 Å². The summed E-state index contributed by atoms with van der Waals surface area (Å²) in [5.74, 6) is 0. The molecule has 8 aromatic carbocycles. The molecular formula is C49H33N3Si. The van der Waals surface area contributed by atoms with Gasteiger partial charge in [-0.1, -0.05) is 158 Å². The molecular weight excluding hydrogens is 659 g/mol. The maximum absolute atomic E-state index is 5.16. The van der Waals surface area contributed by atoms with Gasteiger partial charge < -0.3 is 4.57 Å². The molecule has 0 aliphatic rings. The van der Waals surface area contributed by atoms with Gasteiger partial charge in [0.05, 0.1) is 27.6 Å². The standard InChI is InChI=1S/C49H33N3Si/c1-4-18-35(19-5-1)53(36-20-6-2-7-21-36,37-22-8-3-9-23-37)38-24-16-17-34(31-38)51-45-29-14-12-26-40(45)43-33-48-42(32-47(43)51)39-25-10-11-27-41(39)49-50-44-28-13-15-30-46(44)52(48)49/h1-33H. The lowest BCUT2D eigenvalue weighted by Gasteiger charge is -2.34. The third kappa shape index (κ3) is 4.30. The van der Waals surface area contributed by atoms with E-state index in [0.29, 0.717) is 0 Å². The molecule has 0 aliphatic carbocycles. The monoisotopic (exact) mass is 691 g/mol. The zero-order chi connectivity index (χ0) is 34.9. The highest BCUT2D eigenvalue weighted by Crippen LogP contribution is 2.39. The molecule has 0 amide bonds. The van der Waals surface area contributed by atoms with Crippen molar-refractivity contribution < 1.29 is 0 Å². The molecule has 0 fully saturated rings. The lowest BCUT2D eigenvalue weighted by molar-refractivity contribution is 1.18. The van der Waals surface area contributed by atoms with E-state index in [9.17, 15) is 0 Å². The fourth-order valence-electron chi connectivity index (χ4n) is 8.99. The number of hydrogen-bond acceptors (Lipinski definition) is 1. The number of aromatic nitrogens is 3. The van der Waals surface area contributed by atoms with Gasteiger partial charge in [-0.05, 0) is 68.6 Å². The molecule has 0 radical (unpaired) electrons. The van der Waals surface area contributed by atoms with Gasteiger partial charge >= 0.3 is 0 Å². The van der Waals surface area contributed by atoms with Crippen LogP contribution >= 0.6 is 0 Å². The fourth-order valence-corrected chi connectivity index (χ4v) is 13.8. The maximum atomic E-state index is 5.16. The number of pyridine rings is 1. The van der Waals surface area contributed by atoms with E-state index in [-0.39, 0.29) is 0 Å². The third-order valence-electron chi connectivity index (χ3n) is 11.2. The van der Waals surface area contributed by atoms with Crippen molar-refractivity contribution in [1.82, 2.24) is 14.0 Å². The molecule has 0 saturated carbocycles. The first-order valence-electron chi connectivity index (χ1n) is 18.2. The van der Waals surface area contributed by atoms with Gasteiger partial charge in [0.25, 0.3) is 0 Å². The highest BCUT2D eigenvalue weighted by molar-refractivity contribution is 7.19. The van der Waals surface area contributed by atoms with Crippen molar-refractivity contribution in [3.05, 3.63) is 200 Å². The molecule has 0 bridgehead atoms. The lowest BCUT2D eigenvalue weighted by atomic mass is 10.0. The van der Waals surface area contributed by atoms with Crippen molar-refractivity contribution in [2.45, 2.75) is 0 Å². The van der Waals surface area contributed by atoms with Gasteiger partial charge in [-0.15, -0.1) is 0 Å². The molecule has 248 valence electrons. The maximum Gasteiger partial charge on any atom is 0.179 e. The van der Waals surface area contributed by atoms with Crippen LogP contribution < -0.4 is 20.7 Å². The Morgan fingerprint density at radius 3 is 1.53 bits per heavy atom. The number of para-hydroxylation sites is 3. The van der Waals surface area contributed by atoms with Crippen LogP contribution in [0.2, 0.25) is 0 Å². The molecule has 3 nitrogen and oxygen atoms in total. The minimum absolute atomic E-state index is 0.995. The largest absolute Gasteiger partial charge is 0.309 e. The Morgan fingerprint density at radius 2 is 0.849 bits per heavy atom. The Morgan fingerprint density at radius 1 is 0.340 bits per heavy atom. The van der Waals surface area contributed by atoms with Crippen LogP contribution in [0.15, 0.2) is 200 Å². The van der Waals surface area contributed by atoms with Crippen LogP contribution in [0.4, 0.5) is 0 Å². The summed E-state index contributed by atoms with van der Waals surface area (Å²) in [6, 6.07) is 73.8. The van der Waals surface area contributed by atoms with Crippen LogP contribution in [0.3, 0.4) is 0 Å². The number of imidazole rings is 1. The van der Waals surface area contributed by atoms with Gasteiger partial charge in [0.2, 0.25) is 0 Å². The highest BCUT2D eigenvalue weighted by Gasteiger charge is 2.41. The second kappa shape index (κ2) is 11.6. The molecule has 53 heavy (non-hydrogen) atoms. The zero-order valence-electron chi connectivity index (χ0n) is 28.9. The Hall–Kier alpha value is -6.75. The van der Waals surface area contributed by atoms with E-state index < -0.39 is 8.07 Å². The van der Waals surface area contributed by atoms with Crippen molar-refractivity contribution in [3.63, 3.8) is 0 Å². The fraction of sp³-hybridized carbons (Fsp3) is 0. The lowest BCUT2D eigenvalue weighted by Crippen LogP contribution is -2.74. The molecule has 3 heterocycles. The van der Waals surface area contributed by atoms with Gasteiger partial charge in [0, 0.05) is 27.2 Å². The third-order valence-corrected chi connectivity index (χ3v) is 16.0. The first-order chi connectivity index (χ1) is 26.3. The van der Waals surface area contributed by atoms with E-state index in [0.717, 1.165) is 27.8 Å². The van der Waals surface area contributed by atoms with E-state index in [4.69, 9.17) is 4.98 Å². The molecule has 0 N–H and O–H groups in total. The van der Waals surface area contributed by atoms with Gasteiger partial charge in [0.1, 0.15) is 5.65 Å². The molecule has 11 aromatic rings. The molecule has 0 saturated heterocycles. The summed E-state index contributed by atoms with van der Waals surface area (Å²) < 4.78 is 4.84. The average molecular weight is 692 g/mol. The summed E-state index contributed by atoms with van der Waals surface area (Å²) in [4.78, 5) is 5.16. The predicted octanol–water partition coefficient (Wildman–Crippen LogP) is 9.27. The van der Waals surface area contributed by atoms with Crippen LogP contribution in [0.25, 0.3) is 65.8 Å². The predicted molar refractivity (Wildman–Crippen MR) is 226 cm³/mol. The first-order valence-corrected chi connectivity index (χ1v) is 20.2. The van der Waals surface area contributed by atoms with Crippen molar-refractivity contribution in [2.24, 2.45) is 0 Å². The summed E-state index contributed by atoms with van der Waals surface area (Å²) in [5.41, 5.74) is 7.83. The quantitative estimate of drug-likeness (QED) is 0.100. The second-order valence-electron chi connectivity index (χ2n) is 13.9. The summed E-state index contributed by atoms with van der Waals surface area (Å²) >= 11 is 0. The van der Waals surface area contributed by atoms with Crippen LogP contribution in [-0.2, 0) is 0 Å². The Balaban J connectivity index is 1.26. The van der Waals surface area contributed by atoms with Crippen molar-refractivity contribution in [2.75, 3.05) is 0 Å². The van der Waals surface area contributed by atoms with Crippen molar-refractivity contribution in [1.29, 1.82) is 0 Å². The number of rotatable bonds is 5. The van der Waals surface area contributed by atoms with Gasteiger partial charge in [-0.25, -0.2) is 4.98 Å². The second-order valence-corrected chi connectivity index (χ2v) is 17.8. The molecule has 0 atom stereocenters. The molecule has 3 aromatic heterocycles. The number of nitrogens with zero attached hydrogens (tertiary/aromatic N) is 3. The Bertz CT molecular complexity index is 3070. The van der Waals surface area contributed by atoms with Gasteiger partial charge in [0.15, 0.2) is 8.07 Å². The Kier molecular flexibility index (Phi) is 6.57. The minimum Gasteiger partial charge on any atom is -0.309 e.